The number of benzene rings is 1. The van der Waals surface area contributed by atoms with Crippen molar-refractivity contribution in [1.82, 2.24) is 5.32 Å². The lowest BCUT2D eigenvalue weighted by molar-refractivity contribution is 0.173. The largest absolute Gasteiger partial charge is 0.506 e. The van der Waals surface area contributed by atoms with Crippen LogP contribution >= 0.6 is 15.9 Å². The predicted molar refractivity (Wildman–Crippen MR) is 61.1 cm³/mol. The molecule has 1 aromatic rings. The molecule has 0 radical (unpaired) electrons. The summed E-state index contributed by atoms with van der Waals surface area (Å²) < 4.78 is 0.215. The summed E-state index contributed by atoms with van der Waals surface area (Å²) in [5.74, 6) is -0.131. The monoisotopic (exact) mass is 275 g/mol. The molecule has 0 bridgehead atoms. The van der Waals surface area contributed by atoms with Crippen LogP contribution in [-0.4, -0.2) is 28.9 Å². The highest BCUT2D eigenvalue weighted by Crippen LogP contribution is 2.40. The molecule has 1 aromatic carbocycles. The summed E-state index contributed by atoms with van der Waals surface area (Å²) in [6.45, 7) is 2.04. The molecule has 0 aromatic heterocycles. The van der Waals surface area contributed by atoms with Crippen LogP contribution in [0.2, 0.25) is 0 Å². The standard InChI is InChI=1S/C10H14BrNO3/c1-5-3-6(7(13)4-12-2)10(15)8(11)9(5)14/h3,7,12-15H,4H2,1-2H3. The van der Waals surface area contributed by atoms with Crippen molar-refractivity contribution >= 4 is 15.9 Å². The van der Waals surface area contributed by atoms with Crippen molar-refractivity contribution in [2.45, 2.75) is 13.0 Å². The van der Waals surface area contributed by atoms with Crippen LogP contribution in [0.3, 0.4) is 0 Å². The maximum absolute atomic E-state index is 9.72. The maximum atomic E-state index is 9.72. The van der Waals surface area contributed by atoms with Gasteiger partial charge in [-0.2, -0.15) is 0 Å². The molecule has 0 saturated heterocycles. The van der Waals surface area contributed by atoms with Crippen molar-refractivity contribution in [3.05, 3.63) is 21.7 Å². The van der Waals surface area contributed by atoms with Crippen LogP contribution < -0.4 is 5.32 Å². The molecule has 0 saturated carbocycles. The number of halogens is 1. The summed E-state index contributed by atoms with van der Waals surface area (Å²) in [6.07, 6.45) is -0.800. The van der Waals surface area contributed by atoms with Gasteiger partial charge in [-0.15, -0.1) is 0 Å². The van der Waals surface area contributed by atoms with Crippen molar-refractivity contribution < 1.29 is 15.3 Å². The van der Waals surface area contributed by atoms with E-state index in [4.69, 9.17) is 0 Å². The van der Waals surface area contributed by atoms with E-state index < -0.39 is 6.10 Å². The first-order chi connectivity index (χ1) is 6.99. The van der Waals surface area contributed by atoms with Gasteiger partial charge in [-0.05, 0) is 41.5 Å². The zero-order valence-electron chi connectivity index (χ0n) is 8.58. The zero-order chi connectivity index (χ0) is 11.6. The van der Waals surface area contributed by atoms with Gasteiger partial charge in [0.25, 0.3) is 0 Å². The minimum absolute atomic E-state index is 0.00657. The van der Waals surface area contributed by atoms with E-state index in [-0.39, 0.29) is 16.0 Å². The van der Waals surface area contributed by atoms with E-state index >= 15 is 0 Å². The Balaban J connectivity index is 3.19. The topological polar surface area (TPSA) is 72.7 Å². The van der Waals surface area contributed by atoms with E-state index in [0.29, 0.717) is 17.7 Å². The van der Waals surface area contributed by atoms with Gasteiger partial charge in [-0.25, -0.2) is 0 Å². The number of nitrogens with one attached hydrogen (secondary N) is 1. The van der Waals surface area contributed by atoms with Gasteiger partial charge in [0.15, 0.2) is 0 Å². The van der Waals surface area contributed by atoms with Crippen LogP contribution in [0.15, 0.2) is 10.5 Å². The number of aromatic hydroxyl groups is 2. The molecule has 0 heterocycles. The summed E-state index contributed by atoms with van der Waals surface area (Å²) in [7, 11) is 1.71. The number of aliphatic hydroxyl groups excluding tert-OH is 1. The Labute approximate surface area is 96.7 Å². The van der Waals surface area contributed by atoms with Crippen LogP contribution in [0.4, 0.5) is 0 Å². The van der Waals surface area contributed by atoms with Gasteiger partial charge >= 0.3 is 0 Å². The van der Waals surface area contributed by atoms with Crippen LogP contribution in [-0.2, 0) is 0 Å². The van der Waals surface area contributed by atoms with Crippen molar-refractivity contribution in [3.63, 3.8) is 0 Å². The summed E-state index contributed by atoms with van der Waals surface area (Å²) in [5, 5.41) is 31.7. The first-order valence-electron chi connectivity index (χ1n) is 4.52. The molecule has 0 aliphatic heterocycles. The molecule has 0 fully saturated rings. The normalized spacial score (nSPS) is 12.8. The molecule has 0 aliphatic carbocycles. The third kappa shape index (κ3) is 2.42. The Kier molecular flexibility index (Phi) is 3.96. The molecular formula is C10H14BrNO3. The van der Waals surface area contributed by atoms with Gasteiger partial charge in [0, 0.05) is 12.1 Å². The Morgan fingerprint density at radius 1 is 1.40 bits per heavy atom. The molecule has 1 rings (SSSR count). The second-order valence-electron chi connectivity index (χ2n) is 3.37. The molecule has 5 heteroatoms. The van der Waals surface area contributed by atoms with E-state index in [1.165, 1.54) is 0 Å². The summed E-state index contributed by atoms with van der Waals surface area (Å²) in [6, 6.07) is 1.57. The third-order valence-electron chi connectivity index (χ3n) is 2.19. The highest BCUT2D eigenvalue weighted by atomic mass is 79.9. The van der Waals surface area contributed by atoms with Crippen molar-refractivity contribution in [2.75, 3.05) is 13.6 Å². The average Bonchev–Trinajstić information content (AvgIpc) is 2.20. The lowest BCUT2D eigenvalue weighted by atomic mass is 10.0. The Morgan fingerprint density at radius 3 is 2.53 bits per heavy atom. The molecule has 84 valence electrons. The molecule has 15 heavy (non-hydrogen) atoms. The number of hydrogen-bond donors (Lipinski definition) is 4. The molecule has 4 N–H and O–H groups in total. The first-order valence-corrected chi connectivity index (χ1v) is 5.32. The second-order valence-corrected chi connectivity index (χ2v) is 4.16. The number of aliphatic hydroxyl groups is 1. The van der Waals surface area contributed by atoms with Gasteiger partial charge < -0.3 is 20.6 Å². The summed E-state index contributed by atoms with van der Waals surface area (Å²) >= 11 is 3.07. The highest BCUT2D eigenvalue weighted by Gasteiger charge is 2.18. The lowest BCUT2D eigenvalue weighted by Crippen LogP contribution is -2.17. The second kappa shape index (κ2) is 4.83. The Morgan fingerprint density at radius 2 is 2.00 bits per heavy atom. The number of phenolic OH excluding ortho intramolecular Hbond substituents is 2. The fourth-order valence-corrected chi connectivity index (χ4v) is 1.88. The highest BCUT2D eigenvalue weighted by molar-refractivity contribution is 9.10. The number of aryl methyl sites for hydroxylation is 1. The molecule has 1 unspecified atom stereocenters. The van der Waals surface area contributed by atoms with Gasteiger partial charge in [0.1, 0.15) is 16.0 Å². The minimum Gasteiger partial charge on any atom is -0.506 e. The van der Waals surface area contributed by atoms with Crippen LogP contribution in [0.25, 0.3) is 0 Å². The van der Waals surface area contributed by atoms with Crippen molar-refractivity contribution in [3.8, 4) is 11.5 Å². The fraction of sp³-hybridized carbons (Fsp3) is 0.400. The molecule has 1 atom stereocenters. The van der Waals surface area contributed by atoms with E-state index in [1.807, 2.05) is 0 Å². The Bertz CT molecular complexity index is 368. The van der Waals surface area contributed by atoms with Crippen molar-refractivity contribution in [2.24, 2.45) is 0 Å². The lowest BCUT2D eigenvalue weighted by Gasteiger charge is -2.15. The van der Waals surface area contributed by atoms with Crippen LogP contribution in [0.5, 0.6) is 11.5 Å². The molecule has 4 nitrogen and oxygen atoms in total. The maximum Gasteiger partial charge on any atom is 0.139 e. The number of likely N-dealkylation sites (N-methyl/N-ethyl adjacent to an activating group) is 1. The summed E-state index contributed by atoms with van der Waals surface area (Å²) in [5.41, 5.74) is 0.997. The van der Waals surface area contributed by atoms with E-state index in [2.05, 4.69) is 21.2 Å². The predicted octanol–water partition coefficient (Wildman–Crippen LogP) is 1.42. The van der Waals surface area contributed by atoms with Crippen molar-refractivity contribution in [1.29, 1.82) is 0 Å². The molecule has 0 aliphatic rings. The number of rotatable bonds is 3. The minimum atomic E-state index is -0.800. The van der Waals surface area contributed by atoms with Gasteiger partial charge in [-0.3, -0.25) is 0 Å². The van der Waals surface area contributed by atoms with Crippen LogP contribution in [0, 0.1) is 6.92 Å². The summed E-state index contributed by atoms with van der Waals surface area (Å²) in [4.78, 5) is 0. The fourth-order valence-electron chi connectivity index (χ4n) is 1.34. The van der Waals surface area contributed by atoms with Gasteiger partial charge in [0.2, 0.25) is 0 Å². The van der Waals surface area contributed by atoms with E-state index in [1.54, 1.807) is 20.0 Å². The molecule has 0 amide bonds. The van der Waals surface area contributed by atoms with Gasteiger partial charge in [0.05, 0.1) is 6.10 Å². The quantitative estimate of drug-likeness (QED) is 0.673. The van der Waals surface area contributed by atoms with Gasteiger partial charge in [-0.1, -0.05) is 0 Å². The zero-order valence-corrected chi connectivity index (χ0v) is 10.2. The SMILES string of the molecule is CNCC(O)c1cc(C)c(O)c(Br)c1O. The first kappa shape index (κ1) is 12.3. The Hall–Kier alpha value is -0.780. The average molecular weight is 276 g/mol. The van der Waals surface area contributed by atoms with E-state index in [0.717, 1.165) is 0 Å². The molecular weight excluding hydrogens is 262 g/mol. The smallest absolute Gasteiger partial charge is 0.139 e. The molecule has 0 spiro atoms. The third-order valence-corrected chi connectivity index (χ3v) is 2.94. The van der Waals surface area contributed by atoms with Crippen LogP contribution in [0.1, 0.15) is 17.2 Å². The number of phenols is 2. The number of hydrogen-bond acceptors (Lipinski definition) is 4. The van der Waals surface area contributed by atoms with E-state index in [9.17, 15) is 15.3 Å².